The van der Waals surface area contributed by atoms with Crippen molar-refractivity contribution in [3.63, 3.8) is 0 Å². The first kappa shape index (κ1) is 14.7. The molecule has 2 aromatic carbocycles. The number of nitrogens with one attached hydrogen (secondary N) is 1. The molecule has 0 saturated heterocycles. The van der Waals surface area contributed by atoms with E-state index in [4.69, 9.17) is 0 Å². The summed E-state index contributed by atoms with van der Waals surface area (Å²) >= 11 is 0. The number of rotatable bonds is 4. The molecule has 0 heterocycles. The summed E-state index contributed by atoms with van der Waals surface area (Å²) in [6.07, 6.45) is 0. The first-order chi connectivity index (χ1) is 9.54. The maximum absolute atomic E-state index is 14.4. The number of benzene rings is 2. The summed E-state index contributed by atoms with van der Waals surface area (Å²) in [6.45, 7) is 8.83. The molecule has 0 saturated carbocycles. The zero-order valence-corrected chi connectivity index (χ0v) is 12.6. The maximum Gasteiger partial charge on any atom is 0.131 e. The largest absolute Gasteiger partial charge is 0.306 e. The molecule has 0 amide bonds. The zero-order valence-electron chi connectivity index (χ0n) is 12.6. The molecule has 0 spiro atoms. The van der Waals surface area contributed by atoms with E-state index in [0.717, 1.165) is 17.7 Å². The van der Waals surface area contributed by atoms with Gasteiger partial charge in [-0.15, -0.1) is 0 Å². The van der Waals surface area contributed by atoms with Crippen molar-refractivity contribution in [3.05, 3.63) is 70.0 Å². The summed E-state index contributed by atoms with van der Waals surface area (Å²) in [5, 5.41) is 3.39. The Balaban J connectivity index is 2.50. The maximum atomic E-state index is 14.4. The van der Waals surface area contributed by atoms with Crippen LogP contribution in [0.5, 0.6) is 0 Å². The normalized spacial score (nSPS) is 12.4. The van der Waals surface area contributed by atoms with Crippen LogP contribution < -0.4 is 5.32 Å². The van der Waals surface area contributed by atoms with E-state index in [1.807, 2.05) is 32.0 Å². The second kappa shape index (κ2) is 6.19. The van der Waals surface area contributed by atoms with Gasteiger partial charge in [0.25, 0.3) is 0 Å². The minimum atomic E-state index is -0.114. The van der Waals surface area contributed by atoms with Gasteiger partial charge in [0.15, 0.2) is 0 Å². The molecule has 0 bridgehead atoms. The molecule has 1 unspecified atom stereocenters. The molecule has 0 aromatic heterocycles. The zero-order chi connectivity index (χ0) is 14.7. The second-order valence-corrected chi connectivity index (χ2v) is 5.31. The molecule has 2 rings (SSSR count). The van der Waals surface area contributed by atoms with Crippen LogP contribution in [0.3, 0.4) is 0 Å². The van der Waals surface area contributed by atoms with Crippen molar-refractivity contribution >= 4 is 0 Å². The van der Waals surface area contributed by atoms with Crippen molar-refractivity contribution in [2.45, 2.75) is 33.7 Å². The number of aryl methyl sites for hydroxylation is 3. The first-order valence-electron chi connectivity index (χ1n) is 7.10. The van der Waals surface area contributed by atoms with Crippen molar-refractivity contribution in [3.8, 4) is 0 Å². The van der Waals surface area contributed by atoms with Gasteiger partial charge in [0, 0.05) is 5.56 Å². The molecule has 106 valence electrons. The van der Waals surface area contributed by atoms with Gasteiger partial charge in [0.05, 0.1) is 6.04 Å². The van der Waals surface area contributed by atoms with Gasteiger partial charge in [-0.05, 0) is 49.6 Å². The summed E-state index contributed by atoms with van der Waals surface area (Å²) in [6, 6.07) is 11.8. The molecule has 0 aliphatic carbocycles. The lowest BCUT2D eigenvalue weighted by Crippen LogP contribution is -2.23. The second-order valence-electron chi connectivity index (χ2n) is 5.31. The first-order valence-corrected chi connectivity index (χ1v) is 7.10. The number of hydrogen-bond donors (Lipinski definition) is 1. The molecule has 0 radical (unpaired) electrons. The molecule has 0 fully saturated rings. The fourth-order valence-electron chi connectivity index (χ4n) is 2.45. The average molecular weight is 271 g/mol. The van der Waals surface area contributed by atoms with Crippen LogP contribution >= 0.6 is 0 Å². The molecule has 1 atom stereocenters. The monoisotopic (exact) mass is 271 g/mol. The highest BCUT2D eigenvalue weighted by Crippen LogP contribution is 2.27. The van der Waals surface area contributed by atoms with Crippen molar-refractivity contribution in [1.29, 1.82) is 0 Å². The molecule has 1 nitrogen and oxygen atoms in total. The van der Waals surface area contributed by atoms with E-state index in [9.17, 15) is 4.39 Å². The molecule has 0 aliphatic rings. The van der Waals surface area contributed by atoms with E-state index in [1.165, 1.54) is 11.1 Å². The van der Waals surface area contributed by atoms with E-state index >= 15 is 0 Å². The molecular weight excluding hydrogens is 249 g/mol. The lowest BCUT2D eigenvalue weighted by atomic mass is 9.94. The summed E-state index contributed by atoms with van der Waals surface area (Å²) < 4.78 is 14.4. The average Bonchev–Trinajstić information content (AvgIpc) is 2.43. The van der Waals surface area contributed by atoms with Crippen LogP contribution in [0, 0.1) is 26.6 Å². The van der Waals surface area contributed by atoms with Gasteiger partial charge < -0.3 is 5.32 Å². The highest BCUT2D eigenvalue weighted by atomic mass is 19.1. The van der Waals surface area contributed by atoms with Gasteiger partial charge in [0.1, 0.15) is 5.82 Å². The topological polar surface area (TPSA) is 12.0 Å². The Hall–Kier alpha value is -1.67. The molecule has 0 aliphatic heterocycles. The van der Waals surface area contributed by atoms with Crippen molar-refractivity contribution in [2.24, 2.45) is 0 Å². The van der Waals surface area contributed by atoms with Gasteiger partial charge in [-0.25, -0.2) is 4.39 Å². The van der Waals surface area contributed by atoms with Crippen LogP contribution in [0.25, 0.3) is 0 Å². The Morgan fingerprint density at radius 3 is 2.40 bits per heavy atom. The van der Waals surface area contributed by atoms with E-state index in [2.05, 4.69) is 37.4 Å². The highest BCUT2D eigenvalue weighted by molar-refractivity contribution is 5.39. The third kappa shape index (κ3) is 2.91. The fourth-order valence-corrected chi connectivity index (χ4v) is 2.45. The molecule has 1 N–H and O–H groups in total. The predicted octanol–water partition coefficient (Wildman–Crippen LogP) is 4.45. The van der Waals surface area contributed by atoms with Gasteiger partial charge in [-0.3, -0.25) is 0 Å². The summed E-state index contributed by atoms with van der Waals surface area (Å²) in [7, 11) is 0. The van der Waals surface area contributed by atoms with Crippen molar-refractivity contribution in [1.82, 2.24) is 5.32 Å². The summed E-state index contributed by atoms with van der Waals surface area (Å²) in [5.74, 6) is -0.114. The Kier molecular flexibility index (Phi) is 4.56. The minimum absolute atomic E-state index is 0.0980. The van der Waals surface area contributed by atoms with E-state index < -0.39 is 0 Å². The van der Waals surface area contributed by atoms with Gasteiger partial charge in [0.2, 0.25) is 0 Å². The van der Waals surface area contributed by atoms with Crippen LogP contribution in [-0.2, 0) is 0 Å². The lowest BCUT2D eigenvalue weighted by molar-refractivity contribution is 0.553. The smallest absolute Gasteiger partial charge is 0.131 e. The SMILES string of the molecule is CCNC(c1ccc(C)c(C)c1)c1cccc(C)c1F. The third-order valence-electron chi connectivity index (χ3n) is 3.81. The van der Waals surface area contributed by atoms with Gasteiger partial charge in [-0.1, -0.05) is 43.3 Å². The predicted molar refractivity (Wildman–Crippen MR) is 82.6 cm³/mol. The van der Waals surface area contributed by atoms with Crippen LogP contribution in [0.2, 0.25) is 0 Å². The Morgan fingerprint density at radius 1 is 1.00 bits per heavy atom. The summed E-state index contributed by atoms with van der Waals surface area (Å²) in [5.41, 5.74) is 5.01. The quantitative estimate of drug-likeness (QED) is 0.866. The van der Waals surface area contributed by atoms with Crippen LogP contribution in [0.4, 0.5) is 4.39 Å². The summed E-state index contributed by atoms with van der Waals surface area (Å²) in [4.78, 5) is 0. The Labute approximate surface area is 120 Å². The van der Waals surface area contributed by atoms with Gasteiger partial charge >= 0.3 is 0 Å². The van der Waals surface area contributed by atoms with E-state index in [-0.39, 0.29) is 11.9 Å². The van der Waals surface area contributed by atoms with Crippen molar-refractivity contribution < 1.29 is 4.39 Å². The molecular formula is C18H22FN. The minimum Gasteiger partial charge on any atom is -0.306 e. The number of halogens is 1. The third-order valence-corrected chi connectivity index (χ3v) is 3.81. The molecule has 2 aromatic rings. The van der Waals surface area contributed by atoms with Crippen LogP contribution in [0.1, 0.15) is 40.8 Å². The van der Waals surface area contributed by atoms with Gasteiger partial charge in [-0.2, -0.15) is 0 Å². The Morgan fingerprint density at radius 2 is 1.75 bits per heavy atom. The van der Waals surface area contributed by atoms with Crippen LogP contribution in [-0.4, -0.2) is 6.54 Å². The molecule has 2 heteroatoms. The fraction of sp³-hybridized carbons (Fsp3) is 0.333. The van der Waals surface area contributed by atoms with Crippen LogP contribution in [0.15, 0.2) is 36.4 Å². The standard InChI is InChI=1S/C18H22FN/c1-5-20-18(15-10-9-12(2)14(4)11-15)16-8-6-7-13(3)17(16)19/h6-11,18,20H,5H2,1-4H3. The van der Waals surface area contributed by atoms with Crippen molar-refractivity contribution in [2.75, 3.05) is 6.54 Å². The lowest BCUT2D eigenvalue weighted by Gasteiger charge is -2.21. The Bertz CT molecular complexity index is 604. The van der Waals surface area contributed by atoms with E-state index in [0.29, 0.717) is 5.56 Å². The highest BCUT2D eigenvalue weighted by Gasteiger charge is 2.18. The van der Waals surface area contributed by atoms with E-state index in [1.54, 1.807) is 0 Å². The number of hydrogen-bond acceptors (Lipinski definition) is 1. The molecule has 20 heavy (non-hydrogen) atoms.